The van der Waals surface area contributed by atoms with E-state index in [-0.39, 0.29) is 27.7 Å². The van der Waals surface area contributed by atoms with Crippen molar-refractivity contribution in [1.29, 1.82) is 0 Å². The highest BCUT2D eigenvalue weighted by Crippen LogP contribution is 2.34. The fraction of sp³-hybridized carbons (Fsp3) is 0.150. The van der Waals surface area contributed by atoms with Crippen LogP contribution >= 0.6 is 0 Å². The van der Waals surface area contributed by atoms with Crippen molar-refractivity contribution in [2.45, 2.75) is 11.4 Å². The molecule has 0 aliphatic carbocycles. The van der Waals surface area contributed by atoms with Gasteiger partial charge in [0.25, 0.3) is 10.0 Å². The number of aromatic nitrogens is 4. The number of anilines is 1. The topological polar surface area (TPSA) is 121 Å². The molecule has 0 unspecified atom stereocenters. The van der Waals surface area contributed by atoms with E-state index in [2.05, 4.69) is 25.9 Å². The van der Waals surface area contributed by atoms with Gasteiger partial charge >= 0.3 is 0 Å². The third kappa shape index (κ3) is 3.88. The monoisotopic (exact) mass is 439 g/mol. The number of methoxy groups -OCH3 is 2. The Morgan fingerprint density at radius 2 is 2.10 bits per heavy atom. The lowest BCUT2D eigenvalue weighted by atomic mass is 10.2. The Hall–Kier alpha value is -4.04. The minimum Gasteiger partial charge on any atom is -0.495 e. The molecule has 0 atom stereocenters. The van der Waals surface area contributed by atoms with E-state index >= 15 is 0 Å². The number of nitrogens with one attached hydrogen (secondary N) is 1. The van der Waals surface area contributed by atoms with Crippen LogP contribution in [0.1, 0.15) is 11.3 Å². The Bertz CT molecular complexity index is 1390. The van der Waals surface area contributed by atoms with Gasteiger partial charge in [-0.1, -0.05) is 11.1 Å². The minimum absolute atomic E-state index is 0.0712. The Labute approximate surface area is 177 Å². The highest BCUT2D eigenvalue weighted by molar-refractivity contribution is 7.92. The zero-order valence-corrected chi connectivity index (χ0v) is 17.4. The molecule has 158 valence electrons. The van der Waals surface area contributed by atoms with Gasteiger partial charge < -0.3 is 14.0 Å². The molecule has 31 heavy (non-hydrogen) atoms. The van der Waals surface area contributed by atoms with Crippen molar-refractivity contribution in [1.82, 2.24) is 19.9 Å². The zero-order valence-electron chi connectivity index (χ0n) is 16.6. The van der Waals surface area contributed by atoms with E-state index in [1.807, 2.05) is 0 Å². The molecule has 1 aromatic carbocycles. The molecule has 3 aromatic heterocycles. The number of pyridine rings is 1. The number of benzene rings is 1. The maximum absolute atomic E-state index is 13.1. The first-order chi connectivity index (χ1) is 14.9. The number of terminal acetylenes is 1. The Morgan fingerprint density at radius 3 is 2.77 bits per heavy atom. The van der Waals surface area contributed by atoms with Crippen LogP contribution in [-0.2, 0) is 16.6 Å². The van der Waals surface area contributed by atoms with Gasteiger partial charge in [0.2, 0.25) is 5.88 Å². The van der Waals surface area contributed by atoms with E-state index in [1.54, 1.807) is 35.3 Å². The van der Waals surface area contributed by atoms with Crippen LogP contribution in [0.4, 0.5) is 5.82 Å². The number of hydrogen-bond acceptors (Lipinski definition) is 8. The fourth-order valence-electron chi connectivity index (χ4n) is 3.00. The van der Waals surface area contributed by atoms with E-state index in [0.29, 0.717) is 23.4 Å². The van der Waals surface area contributed by atoms with Crippen LogP contribution in [0.25, 0.3) is 11.0 Å². The molecule has 0 fully saturated rings. The molecule has 11 heteroatoms. The van der Waals surface area contributed by atoms with Crippen LogP contribution in [-0.4, -0.2) is 42.6 Å². The second-order valence-electron chi connectivity index (χ2n) is 6.35. The summed E-state index contributed by atoms with van der Waals surface area (Å²) in [4.78, 5) is 4.29. The molecule has 0 aliphatic rings. The van der Waals surface area contributed by atoms with Crippen molar-refractivity contribution in [3.8, 4) is 24.0 Å². The van der Waals surface area contributed by atoms with Gasteiger partial charge in [0, 0.05) is 24.0 Å². The first-order valence-corrected chi connectivity index (χ1v) is 10.4. The highest BCUT2D eigenvalue weighted by Gasteiger charge is 2.25. The van der Waals surface area contributed by atoms with Gasteiger partial charge in [-0.2, -0.15) is 5.10 Å². The largest absolute Gasteiger partial charge is 0.495 e. The van der Waals surface area contributed by atoms with Crippen LogP contribution < -0.4 is 14.2 Å². The molecule has 0 aliphatic heterocycles. The fourth-order valence-corrected chi connectivity index (χ4v) is 4.20. The normalized spacial score (nSPS) is 11.3. The van der Waals surface area contributed by atoms with E-state index in [9.17, 15) is 8.42 Å². The van der Waals surface area contributed by atoms with Gasteiger partial charge in [-0.25, -0.2) is 13.4 Å². The van der Waals surface area contributed by atoms with E-state index in [1.165, 1.54) is 26.4 Å². The van der Waals surface area contributed by atoms with Crippen molar-refractivity contribution in [2.75, 3.05) is 18.9 Å². The smallest absolute Gasteiger partial charge is 0.266 e. The van der Waals surface area contributed by atoms with E-state index < -0.39 is 10.0 Å². The molecule has 0 saturated carbocycles. The van der Waals surface area contributed by atoms with Gasteiger partial charge in [0.15, 0.2) is 11.4 Å². The van der Waals surface area contributed by atoms with Crippen LogP contribution in [0.5, 0.6) is 11.6 Å². The summed E-state index contributed by atoms with van der Waals surface area (Å²) in [6, 6.07) is 7.83. The molecule has 0 saturated heterocycles. The van der Waals surface area contributed by atoms with E-state index in [4.69, 9.17) is 20.4 Å². The number of rotatable bonds is 7. The van der Waals surface area contributed by atoms with E-state index in [0.717, 1.165) is 0 Å². The Morgan fingerprint density at radius 1 is 1.26 bits per heavy atom. The van der Waals surface area contributed by atoms with Gasteiger partial charge in [0.05, 0.1) is 26.5 Å². The zero-order chi connectivity index (χ0) is 22.0. The Kier molecular flexibility index (Phi) is 5.22. The summed E-state index contributed by atoms with van der Waals surface area (Å²) in [5, 5.41) is 8.28. The predicted molar refractivity (Wildman–Crippen MR) is 111 cm³/mol. The van der Waals surface area contributed by atoms with Crippen LogP contribution in [0.3, 0.4) is 0 Å². The van der Waals surface area contributed by atoms with Crippen molar-refractivity contribution in [2.24, 2.45) is 0 Å². The highest BCUT2D eigenvalue weighted by atomic mass is 32.2. The van der Waals surface area contributed by atoms with Crippen LogP contribution in [0.15, 0.2) is 52.1 Å². The lowest BCUT2D eigenvalue weighted by Gasteiger charge is -2.11. The number of nitrogens with zero attached hydrogens (tertiary/aromatic N) is 4. The number of ether oxygens (including phenoxy) is 2. The molecular formula is C20H17N5O5S. The lowest BCUT2D eigenvalue weighted by molar-refractivity contribution is 0.400. The van der Waals surface area contributed by atoms with Gasteiger partial charge in [-0.05, 0) is 24.3 Å². The Balaban J connectivity index is 1.74. The first-order valence-electron chi connectivity index (χ1n) is 8.93. The standard InChI is InChI=1S/C20H17N5O5S/c1-4-13-6-7-15(28-2)17(10-13)31(26,27)24-19-18-16(30-23-19)11-14(22-20(18)29-3)12-25-9-5-8-21-25/h1,5-11H,12H2,2-3H3,(H,23,24). The minimum atomic E-state index is -4.12. The summed E-state index contributed by atoms with van der Waals surface area (Å²) in [6.07, 6.45) is 8.84. The SMILES string of the molecule is C#Cc1ccc(OC)c(S(=O)(=O)Nc2noc3cc(Cn4cccn4)nc(OC)c23)c1. The summed E-state index contributed by atoms with van der Waals surface area (Å²) < 4.78 is 46.1. The molecular weight excluding hydrogens is 422 g/mol. The molecule has 4 rings (SSSR count). The maximum Gasteiger partial charge on any atom is 0.266 e. The molecule has 10 nitrogen and oxygen atoms in total. The van der Waals surface area contributed by atoms with Gasteiger partial charge in [0.1, 0.15) is 16.0 Å². The van der Waals surface area contributed by atoms with Crippen molar-refractivity contribution >= 4 is 26.8 Å². The average molecular weight is 439 g/mol. The van der Waals surface area contributed by atoms with Crippen LogP contribution in [0.2, 0.25) is 0 Å². The quantitative estimate of drug-likeness (QED) is 0.435. The second kappa shape index (κ2) is 8.00. The molecule has 0 bridgehead atoms. The first kappa shape index (κ1) is 20.2. The van der Waals surface area contributed by atoms with Gasteiger partial charge in [-0.15, -0.1) is 6.42 Å². The number of hydrogen-bond donors (Lipinski definition) is 1. The summed E-state index contributed by atoms with van der Waals surface area (Å²) in [5.41, 5.74) is 1.28. The summed E-state index contributed by atoms with van der Waals surface area (Å²) >= 11 is 0. The third-order valence-electron chi connectivity index (χ3n) is 4.40. The second-order valence-corrected chi connectivity index (χ2v) is 8.00. The predicted octanol–water partition coefficient (Wildman–Crippen LogP) is 2.27. The van der Waals surface area contributed by atoms with Crippen molar-refractivity contribution in [3.63, 3.8) is 0 Å². The average Bonchev–Trinajstić information content (AvgIpc) is 3.42. The molecule has 0 radical (unpaired) electrons. The van der Waals surface area contributed by atoms with Crippen molar-refractivity contribution < 1.29 is 22.4 Å². The molecule has 0 spiro atoms. The van der Waals surface area contributed by atoms with Gasteiger partial charge in [-0.3, -0.25) is 9.40 Å². The summed E-state index contributed by atoms with van der Waals surface area (Å²) in [6.45, 7) is 0.372. The third-order valence-corrected chi connectivity index (χ3v) is 5.76. The maximum atomic E-state index is 13.1. The molecule has 4 aromatic rings. The molecule has 3 heterocycles. The number of sulfonamides is 1. The lowest BCUT2D eigenvalue weighted by Crippen LogP contribution is -2.15. The summed E-state index contributed by atoms with van der Waals surface area (Å²) in [5.74, 6) is 2.62. The number of fused-ring (bicyclic) bond motifs is 1. The van der Waals surface area contributed by atoms with Crippen LogP contribution in [0, 0.1) is 12.3 Å². The summed E-state index contributed by atoms with van der Waals surface area (Å²) in [7, 11) is -1.33. The van der Waals surface area contributed by atoms with Crippen molar-refractivity contribution in [3.05, 3.63) is 54.0 Å². The molecule has 0 amide bonds. The molecule has 1 N–H and O–H groups in total.